The SMILES string of the molecule is CC(=O)OC[C@@H]1[C@H](COC(C)=O)[C@H]2C=C[C@@H]1O2. The Kier molecular flexibility index (Phi) is 3.47. The van der Waals surface area contributed by atoms with Gasteiger partial charge in [0.2, 0.25) is 0 Å². The van der Waals surface area contributed by atoms with Crippen molar-refractivity contribution < 1.29 is 23.8 Å². The number of hydrogen-bond acceptors (Lipinski definition) is 5. The van der Waals surface area contributed by atoms with Gasteiger partial charge in [-0.2, -0.15) is 0 Å². The van der Waals surface area contributed by atoms with Crippen LogP contribution in [0.3, 0.4) is 0 Å². The summed E-state index contributed by atoms with van der Waals surface area (Å²) in [5, 5.41) is 0. The zero-order valence-electron chi connectivity index (χ0n) is 9.92. The summed E-state index contributed by atoms with van der Waals surface area (Å²) in [6.45, 7) is 3.38. The fourth-order valence-corrected chi connectivity index (χ4v) is 2.33. The summed E-state index contributed by atoms with van der Waals surface area (Å²) in [6, 6.07) is 0. The Hall–Kier alpha value is -1.36. The largest absolute Gasteiger partial charge is 0.465 e. The molecular weight excluding hydrogens is 224 g/mol. The Bertz CT molecular complexity index is 317. The fraction of sp³-hybridized carbons (Fsp3) is 0.667. The normalized spacial score (nSPS) is 33.8. The van der Waals surface area contributed by atoms with Gasteiger partial charge in [0, 0.05) is 25.7 Å². The second-order valence-corrected chi connectivity index (χ2v) is 4.38. The summed E-state index contributed by atoms with van der Waals surface area (Å²) in [6.07, 6.45) is 3.89. The van der Waals surface area contributed by atoms with Gasteiger partial charge in [0.1, 0.15) is 0 Å². The first-order valence-electron chi connectivity index (χ1n) is 5.68. The lowest BCUT2D eigenvalue weighted by Gasteiger charge is -2.23. The molecule has 1 saturated heterocycles. The summed E-state index contributed by atoms with van der Waals surface area (Å²) in [7, 11) is 0. The molecule has 2 aliphatic rings. The van der Waals surface area contributed by atoms with Crippen molar-refractivity contribution in [3.8, 4) is 0 Å². The average Bonchev–Trinajstić information content (AvgIpc) is 2.83. The summed E-state index contributed by atoms with van der Waals surface area (Å²) in [4.78, 5) is 21.6. The van der Waals surface area contributed by atoms with Crippen LogP contribution in [-0.4, -0.2) is 37.4 Å². The number of carbonyl (C=O) groups is 2. The van der Waals surface area contributed by atoms with E-state index in [1.807, 2.05) is 12.2 Å². The van der Waals surface area contributed by atoms with Crippen molar-refractivity contribution in [1.82, 2.24) is 0 Å². The van der Waals surface area contributed by atoms with Crippen molar-refractivity contribution in [3.63, 3.8) is 0 Å². The van der Waals surface area contributed by atoms with Crippen molar-refractivity contribution in [2.75, 3.05) is 13.2 Å². The minimum Gasteiger partial charge on any atom is -0.465 e. The van der Waals surface area contributed by atoms with Gasteiger partial charge in [-0.25, -0.2) is 0 Å². The highest BCUT2D eigenvalue weighted by Crippen LogP contribution is 2.39. The Morgan fingerprint density at radius 2 is 1.41 bits per heavy atom. The molecule has 5 nitrogen and oxygen atoms in total. The summed E-state index contributed by atoms with van der Waals surface area (Å²) in [5.74, 6) is -0.451. The van der Waals surface area contributed by atoms with Crippen molar-refractivity contribution in [2.24, 2.45) is 11.8 Å². The zero-order valence-corrected chi connectivity index (χ0v) is 9.92. The first kappa shape index (κ1) is 12.1. The van der Waals surface area contributed by atoms with Gasteiger partial charge in [-0.1, -0.05) is 12.2 Å². The van der Waals surface area contributed by atoms with Crippen molar-refractivity contribution in [2.45, 2.75) is 26.1 Å². The number of ether oxygens (including phenoxy) is 3. The predicted octanol–water partition coefficient (Wildman–Crippen LogP) is 0.682. The van der Waals surface area contributed by atoms with E-state index < -0.39 is 0 Å². The smallest absolute Gasteiger partial charge is 0.302 e. The molecule has 0 unspecified atom stereocenters. The molecule has 2 heterocycles. The molecule has 2 bridgehead atoms. The Labute approximate surface area is 99.7 Å². The minimum absolute atomic E-state index is 0.0279. The van der Waals surface area contributed by atoms with Crippen LogP contribution in [0, 0.1) is 11.8 Å². The van der Waals surface area contributed by atoms with Crippen LogP contribution in [0.2, 0.25) is 0 Å². The lowest BCUT2D eigenvalue weighted by molar-refractivity contribution is -0.146. The highest BCUT2D eigenvalue weighted by atomic mass is 16.6. The molecule has 0 aromatic carbocycles. The molecule has 0 aromatic heterocycles. The monoisotopic (exact) mass is 240 g/mol. The Balaban J connectivity index is 1.94. The Morgan fingerprint density at radius 3 is 1.76 bits per heavy atom. The highest BCUT2D eigenvalue weighted by molar-refractivity contribution is 5.66. The van der Waals surface area contributed by atoms with E-state index in [0.29, 0.717) is 13.2 Å². The number of rotatable bonds is 4. The third-order valence-electron chi connectivity index (χ3n) is 3.16. The molecule has 4 atom stereocenters. The molecule has 5 heteroatoms. The molecule has 94 valence electrons. The predicted molar refractivity (Wildman–Crippen MR) is 58.0 cm³/mol. The molecule has 0 radical (unpaired) electrons. The molecule has 0 spiro atoms. The van der Waals surface area contributed by atoms with Crippen LogP contribution in [0.15, 0.2) is 12.2 Å². The average molecular weight is 240 g/mol. The second-order valence-electron chi connectivity index (χ2n) is 4.38. The van der Waals surface area contributed by atoms with Gasteiger partial charge in [-0.15, -0.1) is 0 Å². The van der Waals surface area contributed by atoms with Crippen LogP contribution in [-0.2, 0) is 23.8 Å². The number of hydrogen-bond donors (Lipinski definition) is 0. The van der Waals surface area contributed by atoms with E-state index >= 15 is 0 Å². The fourth-order valence-electron chi connectivity index (χ4n) is 2.33. The third kappa shape index (κ3) is 2.66. The summed E-state index contributed by atoms with van der Waals surface area (Å²) in [5.41, 5.74) is 0. The van der Waals surface area contributed by atoms with Gasteiger partial charge in [0.05, 0.1) is 25.4 Å². The topological polar surface area (TPSA) is 61.8 Å². The number of fused-ring (bicyclic) bond motifs is 2. The first-order chi connectivity index (χ1) is 8.08. The second kappa shape index (κ2) is 4.87. The van der Waals surface area contributed by atoms with E-state index in [0.717, 1.165) is 0 Å². The third-order valence-corrected chi connectivity index (χ3v) is 3.16. The molecule has 1 fully saturated rings. The molecule has 17 heavy (non-hydrogen) atoms. The van der Waals surface area contributed by atoms with Crippen LogP contribution in [0.5, 0.6) is 0 Å². The molecule has 2 aliphatic heterocycles. The van der Waals surface area contributed by atoms with E-state index in [2.05, 4.69) is 0 Å². The standard InChI is InChI=1S/C12H16O5/c1-7(13)15-5-9-10(6-16-8(2)14)12-4-3-11(9)17-12/h3-4,9-12H,5-6H2,1-2H3/t9-,10+,11+,12-. The van der Waals surface area contributed by atoms with Crippen molar-refractivity contribution in [1.29, 1.82) is 0 Å². The zero-order chi connectivity index (χ0) is 12.4. The first-order valence-corrected chi connectivity index (χ1v) is 5.68. The van der Waals surface area contributed by atoms with Gasteiger partial charge in [0.15, 0.2) is 0 Å². The lowest BCUT2D eigenvalue weighted by atomic mass is 9.84. The van der Waals surface area contributed by atoms with Crippen LogP contribution in [0.25, 0.3) is 0 Å². The molecule has 2 rings (SSSR count). The van der Waals surface area contributed by atoms with E-state index in [9.17, 15) is 9.59 Å². The molecule has 0 N–H and O–H groups in total. The van der Waals surface area contributed by atoms with Gasteiger partial charge >= 0.3 is 11.9 Å². The van der Waals surface area contributed by atoms with Crippen molar-refractivity contribution >= 4 is 11.9 Å². The van der Waals surface area contributed by atoms with Crippen LogP contribution >= 0.6 is 0 Å². The minimum atomic E-state index is -0.303. The van der Waals surface area contributed by atoms with Gasteiger partial charge in [-0.3, -0.25) is 9.59 Å². The Morgan fingerprint density at radius 1 is 1.00 bits per heavy atom. The lowest BCUT2D eigenvalue weighted by Crippen LogP contribution is -2.32. The maximum Gasteiger partial charge on any atom is 0.302 e. The summed E-state index contributed by atoms with van der Waals surface area (Å²) < 4.78 is 15.7. The van der Waals surface area contributed by atoms with E-state index in [4.69, 9.17) is 14.2 Å². The number of esters is 2. The van der Waals surface area contributed by atoms with E-state index in [-0.39, 0.29) is 36.0 Å². The molecule has 0 aliphatic carbocycles. The maximum atomic E-state index is 10.8. The molecule has 0 aromatic rings. The molecular formula is C12H16O5. The van der Waals surface area contributed by atoms with Crippen LogP contribution < -0.4 is 0 Å². The van der Waals surface area contributed by atoms with Gasteiger partial charge < -0.3 is 14.2 Å². The molecule has 0 saturated carbocycles. The quantitative estimate of drug-likeness (QED) is 0.534. The van der Waals surface area contributed by atoms with Crippen molar-refractivity contribution in [3.05, 3.63) is 12.2 Å². The van der Waals surface area contributed by atoms with Crippen LogP contribution in [0.4, 0.5) is 0 Å². The summed E-state index contributed by atoms with van der Waals surface area (Å²) >= 11 is 0. The van der Waals surface area contributed by atoms with Gasteiger partial charge in [0.25, 0.3) is 0 Å². The van der Waals surface area contributed by atoms with Crippen LogP contribution in [0.1, 0.15) is 13.8 Å². The van der Waals surface area contributed by atoms with E-state index in [1.54, 1.807) is 0 Å². The maximum absolute atomic E-state index is 10.8. The highest BCUT2D eigenvalue weighted by Gasteiger charge is 2.46. The molecule has 0 amide bonds. The van der Waals surface area contributed by atoms with E-state index in [1.165, 1.54) is 13.8 Å². The van der Waals surface area contributed by atoms with Gasteiger partial charge in [-0.05, 0) is 0 Å². The number of carbonyl (C=O) groups excluding carboxylic acids is 2.